The molecule has 0 spiro atoms. The first-order chi connectivity index (χ1) is 16.6. The Labute approximate surface area is 232 Å². The van der Waals surface area contributed by atoms with Gasteiger partial charge in [-0.15, -0.1) is 34.0 Å². The highest BCUT2D eigenvalue weighted by molar-refractivity contribution is 9.11. The van der Waals surface area contributed by atoms with Gasteiger partial charge in [0.05, 0.1) is 21.8 Å². The first-order valence-electron chi connectivity index (χ1n) is 12.8. The zero-order chi connectivity index (χ0) is 23.9. The van der Waals surface area contributed by atoms with Crippen molar-refractivity contribution < 1.29 is 4.79 Å². The monoisotopic (exact) mass is 640 g/mol. The molecule has 1 aromatic carbocycles. The van der Waals surface area contributed by atoms with Gasteiger partial charge in [-0.2, -0.15) is 0 Å². The second-order valence-corrected chi connectivity index (χ2v) is 15.3. The van der Waals surface area contributed by atoms with Crippen LogP contribution in [0.3, 0.4) is 0 Å². The number of hydrogen-bond acceptors (Lipinski definition) is 4. The molecule has 0 aliphatic carbocycles. The number of halogens is 2. The van der Waals surface area contributed by atoms with Crippen molar-refractivity contribution in [3.8, 4) is 0 Å². The Hall–Kier alpha value is -0.270. The maximum absolute atomic E-state index is 13.0. The Morgan fingerprint density at radius 1 is 0.618 bits per heavy atom. The van der Waals surface area contributed by atoms with E-state index in [1.54, 1.807) is 34.0 Å². The molecule has 0 saturated carbocycles. The number of carbonyl (C=O) groups excluding carboxylic acids is 1. The van der Waals surface area contributed by atoms with Crippen LogP contribution in [-0.2, 0) is 0 Å². The van der Waals surface area contributed by atoms with E-state index in [9.17, 15) is 4.79 Å². The lowest BCUT2D eigenvalue weighted by Gasteiger charge is -2.03. The number of rotatable bonds is 15. The zero-order valence-corrected chi connectivity index (χ0v) is 25.6. The molecule has 0 N–H and O–H groups in total. The molecule has 184 valence electrons. The van der Waals surface area contributed by atoms with Crippen molar-refractivity contribution in [2.24, 2.45) is 0 Å². The summed E-state index contributed by atoms with van der Waals surface area (Å²) in [7, 11) is 0. The molecule has 4 aromatic rings. The molecule has 6 heteroatoms. The Morgan fingerprint density at radius 3 is 1.68 bits per heavy atom. The molecule has 0 saturated heterocycles. The van der Waals surface area contributed by atoms with Crippen molar-refractivity contribution in [2.45, 2.75) is 96.8 Å². The number of fused-ring (bicyclic) bond motifs is 6. The summed E-state index contributed by atoms with van der Waals surface area (Å²) in [6.07, 6.45) is 18.0. The number of hydrogen-bond donors (Lipinski definition) is 0. The van der Waals surface area contributed by atoms with Crippen molar-refractivity contribution in [3.63, 3.8) is 0 Å². The van der Waals surface area contributed by atoms with Gasteiger partial charge in [-0.05, 0) is 56.5 Å². The molecule has 34 heavy (non-hydrogen) atoms. The lowest BCUT2D eigenvalue weighted by atomic mass is 10.0. The lowest BCUT2D eigenvalue weighted by Crippen LogP contribution is -1.95. The highest BCUT2D eigenvalue weighted by atomic mass is 79.9. The normalized spacial score (nSPS) is 12.0. The van der Waals surface area contributed by atoms with Crippen LogP contribution in [-0.4, -0.2) is 5.78 Å². The topological polar surface area (TPSA) is 17.1 Å². The summed E-state index contributed by atoms with van der Waals surface area (Å²) in [5.41, 5.74) is 0. The van der Waals surface area contributed by atoms with Gasteiger partial charge in [-0.1, -0.05) is 84.0 Å². The Bertz CT molecular complexity index is 1160. The highest BCUT2D eigenvalue weighted by Crippen LogP contribution is 2.48. The van der Waals surface area contributed by atoms with Crippen LogP contribution in [0.25, 0.3) is 30.3 Å². The van der Waals surface area contributed by atoms with E-state index in [1.807, 2.05) is 0 Å². The van der Waals surface area contributed by atoms with E-state index >= 15 is 0 Å². The number of unbranched alkanes of at least 4 members (excludes halogenated alkanes) is 12. The molecule has 0 radical (unpaired) electrons. The third kappa shape index (κ3) is 6.73. The summed E-state index contributed by atoms with van der Waals surface area (Å²) in [5, 5.41) is 3.78. The first kappa shape index (κ1) is 26.8. The third-order valence-electron chi connectivity index (χ3n) is 6.66. The van der Waals surface area contributed by atoms with Crippen molar-refractivity contribution in [3.05, 3.63) is 30.6 Å². The molecule has 0 fully saturated rings. The van der Waals surface area contributed by atoms with Crippen LogP contribution in [0.5, 0.6) is 0 Å². The molecular weight excluding hydrogens is 608 g/mol. The SMILES string of the molecule is CCCCCCCCCCCCCCCC(=O)c1cc2c3cc(Br)sc3c3sc(Br)cc3c2s1. The van der Waals surface area contributed by atoms with Gasteiger partial charge < -0.3 is 0 Å². The van der Waals surface area contributed by atoms with Crippen LogP contribution in [0.15, 0.2) is 25.8 Å². The molecular formula is C28H34Br2OS3. The Kier molecular flexibility index (Phi) is 10.5. The highest BCUT2D eigenvalue weighted by Gasteiger charge is 2.18. The molecule has 0 aliphatic heterocycles. The molecule has 3 aromatic heterocycles. The summed E-state index contributed by atoms with van der Waals surface area (Å²) in [6, 6.07) is 6.58. The van der Waals surface area contributed by atoms with Crippen molar-refractivity contribution >= 4 is 102 Å². The average molecular weight is 643 g/mol. The van der Waals surface area contributed by atoms with Gasteiger partial charge in [-0.3, -0.25) is 4.79 Å². The molecule has 4 rings (SSSR count). The van der Waals surface area contributed by atoms with Crippen LogP contribution in [0, 0.1) is 0 Å². The second-order valence-electron chi connectivity index (χ2n) is 9.36. The van der Waals surface area contributed by atoms with Gasteiger partial charge in [-0.25, -0.2) is 0 Å². The van der Waals surface area contributed by atoms with Crippen LogP contribution < -0.4 is 0 Å². The third-order valence-corrected chi connectivity index (χ3v) is 11.3. The van der Waals surface area contributed by atoms with E-state index in [1.165, 1.54) is 107 Å². The Balaban J connectivity index is 1.23. The van der Waals surface area contributed by atoms with E-state index in [0.717, 1.165) is 18.9 Å². The molecule has 0 bridgehead atoms. The van der Waals surface area contributed by atoms with Crippen molar-refractivity contribution in [2.75, 3.05) is 0 Å². The van der Waals surface area contributed by atoms with Gasteiger partial charge in [0.15, 0.2) is 5.78 Å². The second kappa shape index (κ2) is 13.3. The lowest BCUT2D eigenvalue weighted by molar-refractivity contribution is 0.0983. The van der Waals surface area contributed by atoms with Crippen LogP contribution in [0.1, 0.15) is 106 Å². The summed E-state index contributed by atoms with van der Waals surface area (Å²) in [6.45, 7) is 2.28. The van der Waals surface area contributed by atoms with Crippen LogP contribution in [0.4, 0.5) is 0 Å². The molecule has 0 aliphatic rings. The van der Waals surface area contributed by atoms with Crippen LogP contribution >= 0.6 is 65.9 Å². The minimum atomic E-state index is 0.314. The van der Waals surface area contributed by atoms with E-state index in [4.69, 9.17) is 0 Å². The molecule has 3 heterocycles. The maximum Gasteiger partial charge on any atom is 0.172 e. The predicted octanol–water partition coefficient (Wildman–Crippen LogP) is 12.5. The summed E-state index contributed by atoms with van der Waals surface area (Å²) in [4.78, 5) is 13.9. The minimum Gasteiger partial charge on any atom is -0.293 e. The van der Waals surface area contributed by atoms with E-state index in [0.29, 0.717) is 12.2 Å². The fourth-order valence-electron chi connectivity index (χ4n) is 4.78. The molecule has 1 nitrogen and oxygen atoms in total. The fraction of sp³-hybridized carbons (Fsp3) is 0.536. The van der Waals surface area contributed by atoms with Crippen molar-refractivity contribution in [1.82, 2.24) is 0 Å². The maximum atomic E-state index is 13.0. The predicted molar refractivity (Wildman–Crippen MR) is 163 cm³/mol. The fourth-order valence-corrected chi connectivity index (χ4v) is 9.39. The van der Waals surface area contributed by atoms with E-state index in [2.05, 4.69) is 57.0 Å². The van der Waals surface area contributed by atoms with Gasteiger partial charge in [0.1, 0.15) is 0 Å². The number of carbonyl (C=O) groups is 1. The number of benzene rings is 1. The quantitative estimate of drug-likeness (QED) is 0.0932. The molecule has 0 unspecified atom stereocenters. The Morgan fingerprint density at radius 2 is 1.09 bits per heavy atom. The summed E-state index contributed by atoms with van der Waals surface area (Å²) in [5.74, 6) is 0.314. The van der Waals surface area contributed by atoms with E-state index < -0.39 is 0 Å². The molecule has 0 atom stereocenters. The van der Waals surface area contributed by atoms with Gasteiger partial charge in [0.2, 0.25) is 0 Å². The summed E-state index contributed by atoms with van der Waals surface area (Å²) < 4.78 is 6.19. The van der Waals surface area contributed by atoms with E-state index in [-0.39, 0.29) is 0 Å². The first-order valence-corrected chi connectivity index (χ1v) is 16.9. The van der Waals surface area contributed by atoms with Crippen molar-refractivity contribution in [1.29, 1.82) is 0 Å². The van der Waals surface area contributed by atoms with Gasteiger partial charge in [0.25, 0.3) is 0 Å². The summed E-state index contributed by atoms with van der Waals surface area (Å²) >= 11 is 12.6. The average Bonchev–Trinajstić information content (AvgIpc) is 3.52. The minimum absolute atomic E-state index is 0.314. The zero-order valence-electron chi connectivity index (χ0n) is 20.0. The number of ketones is 1. The molecule has 0 amide bonds. The van der Waals surface area contributed by atoms with Gasteiger partial charge in [0, 0.05) is 27.3 Å². The smallest absolute Gasteiger partial charge is 0.172 e. The standard InChI is InChI=1S/C28H34Br2OS3/c1-2-3-4-5-6-7-8-9-10-11-12-13-14-15-22(31)23-16-19-20-17-24(29)33-27(20)28-21(26(19)32-23)18-25(30)34-28/h16-18H,2-15H2,1H3. The largest absolute Gasteiger partial charge is 0.293 e. The van der Waals surface area contributed by atoms with Crippen LogP contribution in [0.2, 0.25) is 0 Å². The number of thiophene rings is 3. The number of Topliss-reactive ketones (excluding diaryl/α,β-unsaturated/α-hetero) is 1. The van der Waals surface area contributed by atoms with Gasteiger partial charge >= 0.3 is 0 Å².